The Morgan fingerprint density at radius 1 is 0.900 bits per heavy atom. The van der Waals surface area contributed by atoms with Crippen molar-refractivity contribution in [2.75, 3.05) is 32.7 Å². The normalized spacial score (nSPS) is 19.3. The van der Waals surface area contributed by atoms with Crippen LogP contribution in [0.5, 0.6) is 0 Å². The molecular weight excluding hydrogens is 398 g/mol. The van der Waals surface area contributed by atoms with Crippen LogP contribution in [0.2, 0.25) is 0 Å². The molecule has 1 fully saturated rings. The van der Waals surface area contributed by atoms with Gasteiger partial charge in [0.15, 0.2) is 0 Å². The maximum Gasteiger partial charge on any atom is 0.239 e. The molecule has 2 heterocycles. The fraction of sp³-hybridized carbons (Fsp3) is 0.435. The second-order valence-corrected chi connectivity index (χ2v) is 10.1. The first-order valence-electron chi connectivity index (χ1n) is 10.6. The van der Waals surface area contributed by atoms with Gasteiger partial charge in [0, 0.05) is 39.3 Å². The Morgan fingerprint density at radius 2 is 1.53 bits per heavy atom. The molecule has 2 aliphatic rings. The molecule has 160 valence electrons. The van der Waals surface area contributed by atoms with E-state index in [-0.39, 0.29) is 17.7 Å². The molecule has 2 aromatic rings. The fourth-order valence-corrected chi connectivity index (χ4v) is 5.87. The third-order valence-corrected chi connectivity index (χ3v) is 8.06. The first-order chi connectivity index (χ1) is 14.4. The van der Waals surface area contributed by atoms with Gasteiger partial charge in [0.25, 0.3) is 0 Å². The second kappa shape index (κ2) is 8.88. The van der Waals surface area contributed by atoms with Crippen LogP contribution in [0.3, 0.4) is 0 Å². The van der Waals surface area contributed by atoms with Crippen LogP contribution < -0.4 is 0 Å². The van der Waals surface area contributed by atoms with Gasteiger partial charge >= 0.3 is 0 Å². The first kappa shape index (κ1) is 21.0. The minimum Gasteiger partial charge on any atom is -0.337 e. The van der Waals surface area contributed by atoms with Gasteiger partial charge in [-0.3, -0.25) is 9.69 Å². The van der Waals surface area contributed by atoms with Gasteiger partial charge in [-0.05, 0) is 30.0 Å². The van der Waals surface area contributed by atoms with Crippen LogP contribution in [-0.4, -0.2) is 67.2 Å². The standard InChI is InChI=1S/C23H29N3O3S/c1-19(23(27)25-12-11-21-9-5-6-10-22(21)17-25)24-13-15-26(16-14-24)30(28,29)18-20-7-3-2-4-8-20/h2-10,19H,11-18H2,1H3/t19-/m1/s1. The average molecular weight is 428 g/mol. The minimum absolute atomic E-state index is 0.0233. The van der Waals surface area contributed by atoms with E-state index >= 15 is 0 Å². The van der Waals surface area contributed by atoms with E-state index < -0.39 is 10.0 Å². The lowest BCUT2D eigenvalue weighted by molar-refractivity contribution is -0.137. The van der Waals surface area contributed by atoms with Crippen molar-refractivity contribution in [2.45, 2.75) is 31.7 Å². The highest BCUT2D eigenvalue weighted by Crippen LogP contribution is 2.21. The summed E-state index contributed by atoms with van der Waals surface area (Å²) in [6, 6.07) is 17.3. The molecule has 7 heteroatoms. The van der Waals surface area contributed by atoms with E-state index in [4.69, 9.17) is 0 Å². The van der Waals surface area contributed by atoms with Crippen molar-refractivity contribution < 1.29 is 13.2 Å². The van der Waals surface area contributed by atoms with Gasteiger partial charge in [0.2, 0.25) is 15.9 Å². The number of piperazine rings is 1. The topological polar surface area (TPSA) is 60.9 Å². The molecular formula is C23H29N3O3S. The summed E-state index contributed by atoms with van der Waals surface area (Å²) in [5.74, 6) is 0.153. The fourth-order valence-electron chi connectivity index (χ4n) is 4.35. The number of amides is 1. The van der Waals surface area contributed by atoms with E-state index in [1.807, 2.05) is 54.3 Å². The molecule has 0 radical (unpaired) electrons. The van der Waals surface area contributed by atoms with E-state index in [2.05, 4.69) is 17.0 Å². The number of sulfonamides is 1. The smallest absolute Gasteiger partial charge is 0.239 e. The molecule has 0 saturated carbocycles. The van der Waals surface area contributed by atoms with Gasteiger partial charge in [-0.1, -0.05) is 54.6 Å². The van der Waals surface area contributed by atoms with Gasteiger partial charge in [-0.2, -0.15) is 4.31 Å². The minimum atomic E-state index is -3.35. The number of benzene rings is 2. The summed E-state index contributed by atoms with van der Waals surface area (Å²) in [7, 11) is -3.35. The van der Waals surface area contributed by atoms with E-state index in [1.54, 1.807) is 4.31 Å². The summed E-state index contributed by atoms with van der Waals surface area (Å²) in [5.41, 5.74) is 3.35. The van der Waals surface area contributed by atoms with Crippen LogP contribution in [0, 0.1) is 0 Å². The molecule has 0 aromatic heterocycles. The van der Waals surface area contributed by atoms with Crippen LogP contribution in [0.1, 0.15) is 23.6 Å². The molecule has 6 nitrogen and oxygen atoms in total. The Hall–Kier alpha value is -2.22. The quantitative estimate of drug-likeness (QED) is 0.733. The summed E-state index contributed by atoms with van der Waals surface area (Å²) >= 11 is 0. The van der Waals surface area contributed by atoms with E-state index in [0.29, 0.717) is 32.7 Å². The van der Waals surface area contributed by atoms with Gasteiger partial charge in [0.05, 0.1) is 11.8 Å². The molecule has 0 aliphatic carbocycles. The van der Waals surface area contributed by atoms with Crippen molar-refractivity contribution >= 4 is 15.9 Å². The molecule has 2 aromatic carbocycles. The number of nitrogens with zero attached hydrogens (tertiary/aromatic N) is 3. The Balaban J connectivity index is 1.33. The Kier molecular flexibility index (Phi) is 6.22. The predicted molar refractivity (Wildman–Crippen MR) is 117 cm³/mol. The first-order valence-corrected chi connectivity index (χ1v) is 12.2. The van der Waals surface area contributed by atoms with Crippen molar-refractivity contribution in [1.82, 2.24) is 14.1 Å². The lowest BCUT2D eigenvalue weighted by Crippen LogP contribution is -2.56. The van der Waals surface area contributed by atoms with Crippen LogP contribution in [0.4, 0.5) is 0 Å². The molecule has 4 rings (SSSR count). The van der Waals surface area contributed by atoms with Crippen LogP contribution >= 0.6 is 0 Å². The third-order valence-electron chi connectivity index (χ3n) is 6.21. The number of hydrogen-bond acceptors (Lipinski definition) is 4. The summed E-state index contributed by atoms with van der Waals surface area (Å²) < 4.78 is 27.1. The van der Waals surface area contributed by atoms with Crippen molar-refractivity contribution in [2.24, 2.45) is 0 Å². The van der Waals surface area contributed by atoms with Gasteiger partial charge in [-0.25, -0.2) is 8.42 Å². The highest BCUT2D eigenvalue weighted by atomic mass is 32.2. The SMILES string of the molecule is C[C@H](C(=O)N1CCc2ccccc2C1)N1CCN(S(=O)(=O)Cc2ccccc2)CC1. The maximum atomic E-state index is 13.1. The second-order valence-electron chi connectivity index (χ2n) is 8.13. The zero-order valence-corrected chi connectivity index (χ0v) is 18.2. The van der Waals surface area contributed by atoms with Gasteiger partial charge in [-0.15, -0.1) is 0 Å². The monoisotopic (exact) mass is 427 g/mol. The predicted octanol–water partition coefficient (Wildman–Crippen LogP) is 2.11. The van der Waals surface area contributed by atoms with Crippen molar-refractivity contribution in [1.29, 1.82) is 0 Å². The number of carbonyl (C=O) groups excluding carboxylic acids is 1. The number of hydrogen-bond donors (Lipinski definition) is 0. The summed E-state index contributed by atoms with van der Waals surface area (Å²) in [6.07, 6.45) is 0.889. The molecule has 0 unspecified atom stereocenters. The van der Waals surface area contributed by atoms with Crippen molar-refractivity contribution in [3.63, 3.8) is 0 Å². The lowest BCUT2D eigenvalue weighted by atomic mass is 9.99. The van der Waals surface area contributed by atoms with Crippen molar-refractivity contribution in [3.8, 4) is 0 Å². The molecule has 30 heavy (non-hydrogen) atoms. The van der Waals surface area contributed by atoms with E-state index in [1.165, 1.54) is 11.1 Å². The molecule has 1 amide bonds. The number of rotatable bonds is 5. The largest absolute Gasteiger partial charge is 0.337 e. The lowest BCUT2D eigenvalue weighted by Gasteiger charge is -2.39. The highest BCUT2D eigenvalue weighted by Gasteiger charge is 2.33. The van der Waals surface area contributed by atoms with Crippen LogP contribution in [-0.2, 0) is 33.5 Å². The Morgan fingerprint density at radius 3 is 2.23 bits per heavy atom. The molecule has 0 N–H and O–H groups in total. The molecule has 1 saturated heterocycles. The highest BCUT2D eigenvalue weighted by molar-refractivity contribution is 7.88. The molecule has 1 atom stereocenters. The summed E-state index contributed by atoms with van der Waals surface area (Å²) in [5, 5.41) is 0. The molecule has 2 aliphatic heterocycles. The van der Waals surface area contributed by atoms with E-state index in [0.717, 1.165) is 18.5 Å². The average Bonchev–Trinajstić information content (AvgIpc) is 2.78. The van der Waals surface area contributed by atoms with Crippen molar-refractivity contribution in [3.05, 3.63) is 71.3 Å². The Labute approximate surface area is 179 Å². The Bertz CT molecular complexity index is 986. The number of fused-ring (bicyclic) bond motifs is 1. The zero-order chi connectivity index (χ0) is 21.1. The van der Waals surface area contributed by atoms with Gasteiger partial charge < -0.3 is 4.90 Å². The van der Waals surface area contributed by atoms with Crippen LogP contribution in [0.15, 0.2) is 54.6 Å². The summed E-state index contributed by atoms with van der Waals surface area (Å²) in [4.78, 5) is 17.1. The van der Waals surface area contributed by atoms with E-state index in [9.17, 15) is 13.2 Å². The molecule has 0 bridgehead atoms. The zero-order valence-electron chi connectivity index (χ0n) is 17.4. The van der Waals surface area contributed by atoms with Gasteiger partial charge in [0.1, 0.15) is 0 Å². The van der Waals surface area contributed by atoms with Crippen LogP contribution in [0.25, 0.3) is 0 Å². The number of carbonyl (C=O) groups is 1. The maximum absolute atomic E-state index is 13.1. The molecule has 0 spiro atoms. The third kappa shape index (κ3) is 4.58. The summed E-state index contributed by atoms with van der Waals surface area (Å²) in [6.45, 7) is 5.34.